The van der Waals surface area contributed by atoms with Crippen LogP contribution in [0.1, 0.15) is 0 Å². The quantitative estimate of drug-likeness (QED) is 0.174. The van der Waals surface area contributed by atoms with Crippen LogP contribution in [0.4, 0.5) is 17.1 Å². The molecular weight excluding hydrogens is 719 g/mol. The van der Waals surface area contributed by atoms with Gasteiger partial charge in [0.2, 0.25) is 0 Å². The average molecular weight is 750 g/mol. The third-order valence-electron chi connectivity index (χ3n) is 11.3. The number of furan rings is 1. The predicted octanol–water partition coefficient (Wildman–Crippen LogP) is 16.3. The van der Waals surface area contributed by atoms with Crippen LogP contribution in [0.15, 0.2) is 192 Å². The van der Waals surface area contributed by atoms with E-state index in [1.54, 1.807) is 0 Å². The Kier molecular flexibility index (Phi) is 7.00. The minimum atomic E-state index is 0.876. The van der Waals surface area contributed by atoms with Crippen LogP contribution in [0.25, 0.3) is 95.3 Å². The second kappa shape index (κ2) is 12.4. The lowest BCUT2D eigenvalue weighted by Gasteiger charge is -2.26. The molecule has 4 heteroatoms. The second-order valence-electron chi connectivity index (χ2n) is 14.5. The monoisotopic (exact) mass is 749 g/mol. The Hall–Kier alpha value is -6.72. The molecule has 3 aromatic heterocycles. The fourth-order valence-corrected chi connectivity index (χ4v) is 10.8. The fraction of sp³-hybridized carbons (Fsp3) is 0. The highest BCUT2D eigenvalue weighted by molar-refractivity contribution is 7.28. The van der Waals surface area contributed by atoms with Crippen molar-refractivity contribution in [1.82, 2.24) is 0 Å². The molecule has 2 nitrogen and oxygen atoms in total. The van der Waals surface area contributed by atoms with Gasteiger partial charge in [-0.2, -0.15) is 0 Å². The molecule has 0 atom stereocenters. The summed E-state index contributed by atoms with van der Waals surface area (Å²) in [5, 5.41) is 10.2. The van der Waals surface area contributed by atoms with Gasteiger partial charge in [-0.05, 0) is 106 Å². The number of thiophene rings is 2. The summed E-state index contributed by atoms with van der Waals surface area (Å²) in [5.74, 6) is 0. The SMILES string of the molecule is c1ccc2c(-c3ccc(N(c4ccc(-c5ccc6sc7ccc8sc9ccccc9c8c7c6c5)cc4)c4ccc5c(c4)oc4ccccc45)cc3)cccc2c1. The molecule has 12 aromatic rings. The first-order valence-electron chi connectivity index (χ1n) is 18.9. The minimum Gasteiger partial charge on any atom is -0.456 e. The molecule has 0 saturated heterocycles. The smallest absolute Gasteiger partial charge is 0.137 e. The van der Waals surface area contributed by atoms with Crippen LogP contribution in [0.5, 0.6) is 0 Å². The van der Waals surface area contributed by atoms with E-state index < -0.39 is 0 Å². The third-order valence-corrected chi connectivity index (χ3v) is 13.6. The van der Waals surface area contributed by atoms with Gasteiger partial charge in [-0.25, -0.2) is 0 Å². The summed E-state index contributed by atoms with van der Waals surface area (Å²) >= 11 is 3.77. The number of nitrogens with zero attached hydrogens (tertiary/aromatic N) is 1. The molecule has 0 aliphatic rings. The van der Waals surface area contributed by atoms with E-state index in [0.717, 1.165) is 39.0 Å². The lowest BCUT2D eigenvalue weighted by molar-refractivity contribution is 0.669. The van der Waals surface area contributed by atoms with Gasteiger partial charge in [0.15, 0.2) is 0 Å². The lowest BCUT2D eigenvalue weighted by atomic mass is 9.98. The normalized spacial score (nSPS) is 11.9. The number of para-hydroxylation sites is 1. The molecule has 0 aliphatic carbocycles. The highest BCUT2D eigenvalue weighted by atomic mass is 32.1. The first-order chi connectivity index (χ1) is 27.7. The Balaban J connectivity index is 0.974. The molecule has 3 heterocycles. The van der Waals surface area contributed by atoms with E-state index in [2.05, 4.69) is 181 Å². The van der Waals surface area contributed by atoms with Crippen LogP contribution in [-0.2, 0) is 0 Å². The van der Waals surface area contributed by atoms with E-state index >= 15 is 0 Å². The molecule has 9 aromatic carbocycles. The second-order valence-corrected chi connectivity index (χ2v) is 16.6. The molecule has 0 unspecified atom stereocenters. The molecule has 0 radical (unpaired) electrons. The molecule has 56 heavy (non-hydrogen) atoms. The minimum absolute atomic E-state index is 0.876. The van der Waals surface area contributed by atoms with E-state index in [4.69, 9.17) is 4.42 Å². The summed E-state index contributed by atoms with van der Waals surface area (Å²) in [4.78, 5) is 2.33. The van der Waals surface area contributed by atoms with E-state index in [1.165, 1.54) is 73.4 Å². The van der Waals surface area contributed by atoms with Gasteiger partial charge in [0.05, 0.1) is 0 Å². The number of benzene rings is 9. The van der Waals surface area contributed by atoms with Crippen LogP contribution in [0, 0.1) is 0 Å². The Bertz CT molecular complexity index is 3470. The molecule has 0 N–H and O–H groups in total. The van der Waals surface area contributed by atoms with Gasteiger partial charge < -0.3 is 9.32 Å². The zero-order valence-corrected chi connectivity index (χ0v) is 31.7. The van der Waals surface area contributed by atoms with Gasteiger partial charge in [0, 0.05) is 74.2 Å². The number of hydrogen-bond acceptors (Lipinski definition) is 4. The van der Waals surface area contributed by atoms with Crippen LogP contribution >= 0.6 is 22.7 Å². The number of anilines is 3. The van der Waals surface area contributed by atoms with Crippen molar-refractivity contribution in [1.29, 1.82) is 0 Å². The van der Waals surface area contributed by atoms with Crippen molar-refractivity contribution >= 4 is 113 Å². The summed E-state index contributed by atoms with van der Waals surface area (Å²) in [7, 11) is 0. The highest BCUT2D eigenvalue weighted by Crippen LogP contribution is 2.46. The van der Waals surface area contributed by atoms with Crippen molar-refractivity contribution in [2.24, 2.45) is 0 Å². The predicted molar refractivity (Wildman–Crippen MR) is 243 cm³/mol. The maximum absolute atomic E-state index is 6.39. The summed E-state index contributed by atoms with van der Waals surface area (Å²) in [5.41, 5.74) is 9.81. The van der Waals surface area contributed by atoms with Crippen LogP contribution in [0.3, 0.4) is 0 Å². The van der Waals surface area contributed by atoms with Gasteiger partial charge in [-0.15, -0.1) is 22.7 Å². The number of rotatable bonds is 5. The topological polar surface area (TPSA) is 16.4 Å². The molecule has 0 spiro atoms. The fourth-order valence-electron chi connectivity index (χ4n) is 8.63. The first kappa shape index (κ1) is 31.6. The molecule has 0 bridgehead atoms. The maximum atomic E-state index is 6.39. The van der Waals surface area contributed by atoms with Crippen molar-refractivity contribution in [2.75, 3.05) is 4.90 Å². The van der Waals surface area contributed by atoms with Crippen molar-refractivity contribution < 1.29 is 4.42 Å². The standard InChI is InChI=1S/C52H31NOS2/c1-2-10-39-33(8-1)9-7-13-40(39)34-18-23-37(24-19-34)53(38-25-26-42-41-11-3-5-14-45(41)54-46(42)31-38)36-21-16-32(17-22-36)35-20-27-48-44(30-35)52-50(56-48)29-28-49-51(52)43-12-4-6-15-47(43)55-49/h1-31H. The van der Waals surface area contributed by atoms with Crippen molar-refractivity contribution in [3.8, 4) is 22.3 Å². The van der Waals surface area contributed by atoms with Crippen LogP contribution in [-0.4, -0.2) is 0 Å². The summed E-state index contributed by atoms with van der Waals surface area (Å²) < 4.78 is 11.7. The summed E-state index contributed by atoms with van der Waals surface area (Å²) in [6.45, 7) is 0. The zero-order valence-electron chi connectivity index (χ0n) is 30.1. The van der Waals surface area contributed by atoms with Gasteiger partial charge in [0.25, 0.3) is 0 Å². The Labute approximate surface area is 330 Å². The molecule has 12 rings (SSSR count). The number of hydrogen-bond donors (Lipinski definition) is 0. The van der Waals surface area contributed by atoms with Crippen molar-refractivity contribution in [3.63, 3.8) is 0 Å². The molecule has 0 amide bonds. The van der Waals surface area contributed by atoms with Crippen molar-refractivity contribution in [2.45, 2.75) is 0 Å². The third kappa shape index (κ3) is 4.93. The molecule has 0 saturated carbocycles. The summed E-state index contributed by atoms with van der Waals surface area (Å²) in [6.07, 6.45) is 0. The zero-order chi connectivity index (χ0) is 36.7. The van der Waals surface area contributed by atoms with Gasteiger partial charge in [-0.3, -0.25) is 0 Å². The molecular formula is C52H31NOS2. The van der Waals surface area contributed by atoms with Gasteiger partial charge >= 0.3 is 0 Å². The Morgan fingerprint density at radius 3 is 1.71 bits per heavy atom. The molecule has 262 valence electrons. The van der Waals surface area contributed by atoms with E-state index in [1.807, 2.05) is 34.8 Å². The lowest BCUT2D eigenvalue weighted by Crippen LogP contribution is -2.09. The van der Waals surface area contributed by atoms with Gasteiger partial charge in [-0.1, -0.05) is 109 Å². The summed E-state index contributed by atoms with van der Waals surface area (Å²) in [6, 6.07) is 68.3. The van der Waals surface area contributed by atoms with E-state index in [9.17, 15) is 0 Å². The van der Waals surface area contributed by atoms with Crippen molar-refractivity contribution in [3.05, 3.63) is 188 Å². The first-order valence-corrected chi connectivity index (χ1v) is 20.5. The molecule has 0 aliphatic heterocycles. The average Bonchev–Trinajstić information content (AvgIpc) is 3.94. The van der Waals surface area contributed by atoms with Crippen LogP contribution in [0.2, 0.25) is 0 Å². The highest BCUT2D eigenvalue weighted by Gasteiger charge is 2.18. The van der Waals surface area contributed by atoms with Gasteiger partial charge in [0.1, 0.15) is 11.2 Å². The number of fused-ring (bicyclic) bond motifs is 11. The Morgan fingerprint density at radius 1 is 0.339 bits per heavy atom. The largest absolute Gasteiger partial charge is 0.456 e. The van der Waals surface area contributed by atoms with E-state index in [-0.39, 0.29) is 0 Å². The van der Waals surface area contributed by atoms with Crippen LogP contribution < -0.4 is 4.90 Å². The Morgan fingerprint density at radius 2 is 0.911 bits per heavy atom. The maximum Gasteiger partial charge on any atom is 0.137 e. The molecule has 0 fully saturated rings. The van der Waals surface area contributed by atoms with E-state index in [0.29, 0.717) is 0 Å².